The van der Waals surface area contributed by atoms with Gasteiger partial charge in [0.25, 0.3) is 0 Å². The van der Waals surface area contributed by atoms with Crippen molar-refractivity contribution >= 4 is 11.9 Å². The van der Waals surface area contributed by atoms with E-state index in [1.807, 2.05) is 0 Å². The molecule has 5 heteroatoms. The number of carboxylic acids is 2. The summed E-state index contributed by atoms with van der Waals surface area (Å²) in [4.78, 5) is 21.3. The van der Waals surface area contributed by atoms with Crippen LogP contribution in [0.4, 0.5) is 0 Å². The normalized spacial score (nSPS) is 13.1. The number of benzene rings is 1. The second kappa shape index (κ2) is 5.18. The molecule has 0 radical (unpaired) electrons. The number of carbonyl (C=O) groups is 2. The van der Waals surface area contributed by atoms with E-state index in [9.17, 15) is 14.7 Å². The Morgan fingerprint density at radius 1 is 1.17 bits per heavy atom. The van der Waals surface area contributed by atoms with E-state index in [1.165, 1.54) is 12.1 Å². The van der Waals surface area contributed by atoms with E-state index < -0.39 is 23.5 Å². The molecule has 0 saturated heterocycles. The van der Waals surface area contributed by atoms with Gasteiger partial charge in [-0.2, -0.15) is 0 Å². The summed E-state index contributed by atoms with van der Waals surface area (Å²) < 4.78 is 0. The first kappa shape index (κ1) is 14.2. The van der Waals surface area contributed by atoms with Gasteiger partial charge in [-0.3, -0.25) is 0 Å². The zero-order chi connectivity index (χ0) is 13.9. The Labute approximate surface area is 105 Å². The van der Waals surface area contributed by atoms with Crippen LogP contribution in [0.25, 0.3) is 0 Å². The average Bonchev–Trinajstić information content (AvgIpc) is 2.28. The predicted octanol–water partition coefficient (Wildman–Crippen LogP) is 1.50. The van der Waals surface area contributed by atoms with Gasteiger partial charge in [0.2, 0.25) is 0 Å². The summed E-state index contributed by atoms with van der Waals surface area (Å²) in [5.74, 6) is -2.27. The van der Waals surface area contributed by atoms with E-state index in [0.29, 0.717) is 0 Å². The van der Waals surface area contributed by atoms with Crippen LogP contribution >= 0.6 is 0 Å². The van der Waals surface area contributed by atoms with Gasteiger partial charge in [0.15, 0.2) is 6.10 Å². The van der Waals surface area contributed by atoms with Crippen molar-refractivity contribution < 1.29 is 24.9 Å². The monoisotopic (exact) mass is 252 g/mol. The molecule has 0 saturated carbocycles. The molecule has 1 rings (SSSR count). The third kappa shape index (κ3) is 3.30. The molecule has 1 aromatic carbocycles. The quantitative estimate of drug-likeness (QED) is 0.738. The molecule has 0 fully saturated rings. The first-order valence-electron chi connectivity index (χ1n) is 5.49. The number of rotatable bonds is 5. The number of hydrogen-bond acceptors (Lipinski definition) is 3. The molecular formula is C13H16O5. The molecule has 0 amide bonds. The topological polar surface area (TPSA) is 94.8 Å². The molecule has 0 heterocycles. The van der Waals surface area contributed by atoms with Crippen molar-refractivity contribution in [2.45, 2.75) is 31.8 Å². The number of aliphatic hydroxyl groups excluding tert-OH is 1. The van der Waals surface area contributed by atoms with Crippen LogP contribution in [0.3, 0.4) is 0 Å². The Balaban J connectivity index is 2.91. The fourth-order valence-corrected chi connectivity index (χ4v) is 1.75. The van der Waals surface area contributed by atoms with Crippen LogP contribution in [0.15, 0.2) is 24.3 Å². The van der Waals surface area contributed by atoms with Crippen LogP contribution in [0.1, 0.15) is 36.2 Å². The van der Waals surface area contributed by atoms with Crippen LogP contribution in [-0.2, 0) is 10.2 Å². The summed E-state index contributed by atoms with van der Waals surface area (Å²) in [5, 5.41) is 26.8. The van der Waals surface area contributed by atoms with Crippen molar-refractivity contribution in [1.29, 1.82) is 0 Å². The van der Waals surface area contributed by atoms with Gasteiger partial charge in [0.05, 0.1) is 5.56 Å². The van der Waals surface area contributed by atoms with Gasteiger partial charge in [-0.1, -0.05) is 26.0 Å². The lowest BCUT2D eigenvalue weighted by molar-refractivity contribution is -0.147. The number of aromatic carboxylic acids is 1. The summed E-state index contributed by atoms with van der Waals surface area (Å²) >= 11 is 0. The van der Waals surface area contributed by atoms with Gasteiger partial charge in [-0.05, 0) is 29.5 Å². The zero-order valence-corrected chi connectivity index (χ0v) is 10.3. The van der Waals surface area contributed by atoms with E-state index in [0.717, 1.165) is 5.56 Å². The molecule has 5 nitrogen and oxygen atoms in total. The fraction of sp³-hybridized carbons (Fsp3) is 0.385. The van der Waals surface area contributed by atoms with Gasteiger partial charge < -0.3 is 15.3 Å². The van der Waals surface area contributed by atoms with Crippen LogP contribution in [0.5, 0.6) is 0 Å². The summed E-state index contributed by atoms with van der Waals surface area (Å²) in [6, 6.07) is 6.20. The van der Waals surface area contributed by atoms with E-state index in [2.05, 4.69) is 0 Å². The first-order chi connectivity index (χ1) is 8.24. The Morgan fingerprint density at radius 2 is 1.67 bits per heavy atom. The van der Waals surface area contributed by atoms with E-state index in [1.54, 1.807) is 26.0 Å². The summed E-state index contributed by atoms with van der Waals surface area (Å²) in [7, 11) is 0. The second-order valence-corrected chi connectivity index (χ2v) is 4.82. The Bertz CT molecular complexity index is 447. The first-order valence-corrected chi connectivity index (χ1v) is 5.49. The van der Waals surface area contributed by atoms with Gasteiger partial charge in [0.1, 0.15) is 0 Å². The maximum atomic E-state index is 10.7. The third-order valence-electron chi connectivity index (χ3n) is 2.90. The van der Waals surface area contributed by atoms with Crippen molar-refractivity contribution in [2.75, 3.05) is 0 Å². The maximum absolute atomic E-state index is 10.7. The van der Waals surface area contributed by atoms with Gasteiger partial charge in [0, 0.05) is 0 Å². The highest BCUT2D eigenvalue weighted by Crippen LogP contribution is 2.28. The Hall–Kier alpha value is -1.88. The van der Waals surface area contributed by atoms with Crippen molar-refractivity contribution in [3.8, 4) is 0 Å². The summed E-state index contributed by atoms with van der Waals surface area (Å²) in [6.07, 6.45) is -1.37. The van der Waals surface area contributed by atoms with Gasteiger partial charge >= 0.3 is 11.9 Å². The molecule has 0 aliphatic carbocycles. The minimum Gasteiger partial charge on any atom is -0.479 e. The molecule has 1 atom stereocenters. The summed E-state index contributed by atoms with van der Waals surface area (Å²) in [5.41, 5.74) is 0.413. The van der Waals surface area contributed by atoms with Crippen molar-refractivity contribution in [3.05, 3.63) is 35.4 Å². The molecule has 1 unspecified atom stereocenters. The lowest BCUT2D eigenvalue weighted by atomic mass is 9.79. The van der Waals surface area contributed by atoms with Crippen LogP contribution in [0.2, 0.25) is 0 Å². The highest BCUT2D eigenvalue weighted by Gasteiger charge is 2.27. The SMILES string of the molecule is CC(C)(CC(O)C(=O)O)c1ccc(C(=O)O)cc1. The van der Waals surface area contributed by atoms with Gasteiger partial charge in [-0.15, -0.1) is 0 Å². The second-order valence-electron chi connectivity index (χ2n) is 4.82. The van der Waals surface area contributed by atoms with E-state index in [-0.39, 0.29) is 12.0 Å². The highest BCUT2D eigenvalue weighted by atomic mass is 16.4. The standard InChI is InChI=1S/C13H16O5/c1-13(2,7-10(14)12(17)18)9-5-3-8(4-6-9)11(15)16/h3-6,10,14H,7H2,1-2H3,(H,15,16)(H,17,18). The van der Waals surface area contributed by atoms with Crippen LogP contribution in [0, 0.1) is 0 Å². The van der Waals surface area contributed by atoms with Crippen molar-refractivity contribution in [3.63, 3.8) is 0 Å². The molecule has 0 bridgehead atoms. The van der Waals surface area contributed by atoms with Crippen molar-refractivity contribution in [2.24, 2.45) is 0 Å². The minimum absolute atomic E-state index is 0.0642. The molecule has 18 heavy (non-hydrogen) atoms. The van der Waals surface area contributed by atoms with Crippen molar-refractivity contribution in [1.82, 2.24) is 0 Å². The molecule has 1 aromatic rings. The number of carboxylic acid groups (broad SMARTS) is 2. The van der Waals surface area contributed by atoms with E-state index >= 15 is 0 Å². The Kier molecular flexibility index (Phi) is 4.08. The number of hydrogen-bond donors (Lipinski definition) is 3. The largest absolute Gasteiger partial charge is 0.479 e. The number of aliphatic hydroxyl groups is 1. The molecule has 0 aromatic heterocycles. The smallest absolute Gasteiger partial charge is 0.335 e. The molecule has 0 aliphatic heterocycles. The van der Waals surface area contributed by atoms with Crippen LogP contribution in [-0.4, -0.2) is 33.4 Å². The minimum atomic E-state index is -1.43. The zero-order valence-electron chi connectivity index (χ0n) is 10.3. The van der Waals surface area contributed by atoms with Crippen LogP contribution < -0.4 is 0 Å². The summed E-state index contributed by atoms with van der Waals surface area (Å²) in [6.45, 7) is 3.60. The number of aliphatic carboxylic acids is 1. The average molecular weight is 252 g/mol. The maximum Gasteiger partial charge on any atom is 0.335 e. The van der Waals surface area contributed by atoms with E-state index in [4.69, 9.17) is 10.2 Å². The highest BCUT2D eigenvalue weighted by molar-refractivity contribution is 5.87. The Morgan fingerprint density at radius 3 is 2.06 bits per heavy atom. The molecule has 0 aliphatic rings. The predicted molar refractivity (Wildman–Crippen MR) is 64.7 cm³/mol. The molecule has 0 spiro atoms. The lowest BCUT2D eigenvalue weighted by Crippen LogP contribution is -2.30. The molecule has 98 valence electrons. The fourth-order valence-electron chi connectivity index (χ4n) is 1.75. The third-order valence-corrected chi connectivity index (χ3v) is 2.90. The van der Waals surface area contributed by atoms with Gasteiger partial charge in [-0.25, -0.2) is 9.59 Å². The molecule has 3 N–H and O–H groups in total. The lowest BCUT2D eigenvalue weighted by Gasteiger charge is -2.26. The molecular weight excluding hydrogens is 236 g/mol.